The molecular weight excluding hydrogens is 238 g/mol. The zero-order valence-electron chi connectivity index (χ0n) is 14.0. The van der Waals surface area contributed by atoms with Crippen molar-refractivity contribution in [3.63, 3.8) is 0 Å². The van der Waals surface area contributed by atoms with E-state index in [1.54, 1.807) is 0 Å². The maximum absolute atomic E-state index is 12.7. The summed E-state index contributed by atoms with van der Waals surface area (Å²) in [5.74, 6) is -0.0743. The Balaban J connectivity index is 2.21. The van der Waals surface area contributed by atoms with Gasteiger partial charge in [-0.3, -0.25) is 4.79 Å². The minimum Gasteiger partial charge on any atom is -0.343 e. The second kappa shape index (κ2) is 3.67. The fourth-order valence-corrected chi connectivity index (χ4v) is 2.78. The van der Waals surface area contributed by atoms with Gasteiger partial charge in [0.1, 0.15) is 11.4 Å². The number of ketones is 1. The number of rotatable bonds is 1. The minimum absolute atomic E-state index is 0.0108. The first kappa shape index (κ1) is 6.69. The molecule has 2 aliphatic heterocycles. The number of nitrogens with zero attached hydrogens (tertiary/aromatic N) is 3. The van der Waals surface area contributed by atoms with Crippen LogP contribution in [0.3, 0.4) is 0 Å². The van der Waals surface area contributed by atoms with Crippen molar-refractivity contribution < 1.29 is 11.6 Å². The normalized spacial score (nSPS) is 32.9. The van der Waals surface area contributed by atoms with E-state index >= 15 is 0 Å². The molecule has 1 aromatic heterocycles. The average Bonchev–Trinajstić information content (AvgIpc) is 2.85. The first-order valence-electron chi connectivity index (χ1n) is 7.93. The van der Waals surface area contributed by atoms with Crippen LogP contribution in [-0.4, -0.2) is 27.8 Å². The van der Waals surface area contributed by atoms with Gasteiger partial charge in [0.15, 0.2) is 5.78 Å². The van der Waals surface area contributed by atoms with Gasteiger partial charge < -0.3 is 4.90 Å². The number of halogens is 1. The molecule has 0 bridgehead atoms. The lowest BCUT2D eigenvalue weighted by Crippen LogP contribution is -2.54. The molecule has 1 fully saturated rings. The van der Waals surface area contributed by atoms with E-state index in [9.17, 15) is 4.79 Å². The summed E-state index contributed by atoms with van der Waals surface area (Å²) >= 11 is 5.81. The first-order valence-corrected chi connectivity index (χ1v) is 5.81. The van der Waals surface area contributed by atoms with Crippen LogP contribution in [0.2, 0.25) is 5.28 Å². The van der Waals surface area contributed by atoms with E-state index in [-0.39, 0.29) is 18.1 Å². The summed E-state index contributed by atoms with van der Waals surface area (Å²) < 4.78 is 39.0. The van der Waals surface area contributed by atoms with Crippen LogP contribution in [0.15, 0.2) is 6.20 Å². The van der Waals surface area contributed by atoms with Crippen molar-refractivity contribution in [2.24, 2.45) is 0 Å². The second-order valence-electron chi connectivity index (χ2n) is 4.33. The molecule has 3 rings (SSSR count). The lowest BCUT2D eigenvalue weighted by atomic mass is 9.82. The van der Waals surface area contributed by atoms with Gasteiger partial charge in [-0.1, -0.05) is 6.85 Å². The third-order valence-corrected chi connectivity index (χ3v) is 3.65. The quantitative estimate of drug-likeness (QED) is 0.721. The SMILES string of the molecule is [2H]C([2H])([2H])C([2H])([2H])[C@@]12CCCN1c1nc(Cl)ncc1CC2=O. The maximum atomic E-state index is 12.7. The van der Waals surface area contributed by atoms with Crippen LogP contribution in [0.4, 0.5) is 5.82 Å². The topological polar surface area (TPSA) is 46.1 Å². The van der Waals surface area contributed by atoms with Crippen molar-refractivity contribution in [3.8, 4) is 0 Å². The summed E-state index contributed by atoms with van der Waals surface area (Å²) in [5, 5.41) is -0.0108. The van der Waals surface area contributed by atoms with E-state index in [1.165, 1.54) is 11.1 Å². The zero-order valence-corrected chi connectivity index (χ0v) is 9.79. The first-order chi connectivity index (χ1) is 10.1. The number of hydrogen-bond donors (Lipinski definition) is 0. The van der Waals surface area contributed by atoms with Crippen molar-refractivity contribution in [2.75, 3.05) is 11.4 Å². The Morgan fingerprint density at radius 2 is 2.65 bits per heavy atom. The van der Waals surface area contributed by atoms with Crippen molar-refractivity contribution in [3.05, 3.63) is 17.0 Å². The molecule has 0 spiro atoms. The van der Waals surface area contributed by atoms with Gasteiger partial charge in [-0.25, -0.2) is 9.97 Å². The molecule has 1 saturated heterocycles. The maximum Gasteiger partial charge on any atom is 0.224 e. The van der Waals surface area contributed by atoms with Crippen LogP contribution < -0.4 is 4.90 Å². The van der Waals surface area contributed by atoms with Gasteiger partial charge in [-0.2, -0.15) is 0 Å². The lowest BCUT2D eigenvalue weighted by molar-refractivity contribution is -0.123. The van der Waals surface area contributed by atoms with Crippen molar-refractivity contribution >= 4 is 23.2 Å². The third kappa shape index (κ3) is 1.40. The fourth-order valence-electron chi connectivity index (χ4n) is 2.65. The average molecular weight is 257 g/mol. The molecule has 0 amide bonds. The third-order valence-electron chi connectivity index (χ3n) is 3.47. The van der Waals surface area contributed by atoms with Crippen molar-refractivity contribution in [1.82, 2.24) is 9.97 Å². The number of fused-ring (bicyclic) bond motifs is 3. The van der Waals surface area contributed by atoms with Gasteiger partial charge in [0.05, 0.1) is 0 Å². The summed E-state index contributed by atoms with van der Waals surface area (Å²) in [7, 11) is 0. The van der Waals surface area contributed by atoms with Gasteiger partial charge in [-0.05, 0) is 30.8 Å². The van der Waals surface area contributed by atoms with Crippen LogP contribution in [0.5, 0.6) is 0 Å². The Labute approximate surface area is 112 Å². The number of anilines is 1. The Morgan fingerprint density at radius 3 is 3.47 bits per heavy atom. The van der Waals surface area contributed by atoms with Crippen LogP contribution in [-0.2, 0) is 11.2 Å². The van der Waals surface area contributed by atoms with Gasteiger partial charge in [-0.15, -0.1) is 0 Å². The molecule has 1 atom stereocenters. The number of carbonyl (C=O) groups is 1. The monoisotopic (exact) mass is 256 g/mol. The molecule has 0 aliphatic carbocycles. The molecule has 90 valence electrons. The smallest absolute Gasteiger partial charge is 0.224 e. The van der Waals surface area contributed by atoms with Crippen LogP contribution >= 0.6 is 11.6 Å². The summed E-state index contributed by atoms with van der Waals surface area (Å²) in [6.07, 6.45) is -0.655. The second-order valence-corrected chi connectivity index (χ2v) is 4.67. The molecule has 0 radical (unpaired) electrons. The Morgan fingerprint density at radius 1 is 1.76 bits per heavy atom. The summed E-state index contributed by atoms with van der Waals surface area (Å²) in [4.78, 5) is 22.2. The van der Waals surface area contributed by atoms with E-state index < -0.39 is 24.5 Å². The molecule has 0 aromatic carbocycles. The van der Waals surface area contributed by atoms with E-state index in [2.05, 4.69) is 9.97 Å². The summed E-state index contributed by atoms with van der Waals surface area (Å²) in [6, 6.07) is 0. The predicted octanol–water partition coefficient (Wildman–Crippen LogP) is 2.00. The fraction of sp³-hybridized carbons (Fsp3) is 0.583. The highest BCUT2D eigenvalue weighted by Gasteiger charge is 2.49. The molecule has 0 unspecified atom stereocenters. The molecule has 0 saturated carbocycles. The predicted molar refractivity (Wildman–Crippen MR) is 65.4 cm³/mol. The number of carbonyl (C=O) groups excluding carboxylic acids is 1. The van der Waals surface area contributed by atoms with Gasteiger partial charge in [0.2, 0.25) is 5.28 Å². The van der Waals surface area contributed by atoms with E-state index in [0.29, 0.717) is 24.3 Å². The molecule has 0 N–H and O–H groups in total. The van der Waals surface area contributed by atoms with Crippen LogP contribution in [0.1, 0.15) is 38.5 Å². The van der Waals surface area contributed by atoms with E-state index in [0.717, 1.165) is 0 Å². The van der Waals surface area contributed by atoms with Crippen LogP contribution in [0.25, 0.3) is 0 Å². The largest absolute Gasteiger partial charge is 0.343 e. The Hall–Kier alpha value is -1.16. The molecule has 5 heteroatoms. The van der Waals surface area contributed by atoms with Gasteiger partial charge in [0, 0.05) is 31.6 Å². The number of Topliss-reactive ketones (excluding diaryl/α,β-unsaturated/α-hetero) is 1. The summed E-state index contributed by atoms with van der Waals surface area (Å²) in [5.41, 5.74) is -1.17. The van der Waals surface area contributed by atoms with Crippen molar-refractivity contribution in [2.45, 2.75) is 38.0 Å². The minimum atomic E-state index is -2.92. The zero-order chi connectivity index (χ0) is 16.3. The molecular formula is C12H14ClN3O. The highest BCUT2D eigenvalue weighted by molar-refractivity contribution is 6.28. The summed E-state index contributed by atoms with van der Waals surface area (Å²) in [6.45, 7) is -2.55. The number of aromatic nitrogens is 2. The lowest BCUT2D eigenvalue weighted by Gasteiger charge is -2.41. The van der Waals surface area contributed by atoms with E-state index in [4.69, 9.17) is 18.5 Å². The van der Waals surface area contributed by atoms with Gasteiger partial charge >= 0.3 is 0 Å². The van der Waals surface area contributed by atoms with Crippen LogP contribution in [0, 0.1) is 0 Å². The highest BCUT2D eigenvalue weighted by atomic mass is 35.5. The highest BCUT2D eigenvalue weighted by Crippen LogP contribution is 2.42. The Bertz CT molecular complexity index is 650. The molecule has 17 heavy (non-hydrogen) atoms. The molecule has 2 aliphatic rings. The Kier molecular flexibility index (Phi) is 1.44. The van der Waals surface area contributed by atoms with E-state index in [1.807, 2.05) is 0 Å². The molecule has 3 heterocycles. The van der Waals surface area contributed by atoms with Crippen molar-refractivity contribution in [1.29, 1.82) is 0 Å². The number of hydrogen-bond acceptors (Lipinski definition) is 4. The van der Waals surface area contributed by atoms with Gasteiger partial charge in [0.25, 0.3) is 0 Å². The molecule has 1 aromatic rings. The molecule has 4 nitrogen and oxygen atoms in total. The standard InChI is InChI=1S/C12H14ClN3O/c1-2-12-4-3-5-16(12)10-8(6-9(12)17)7-14-11(13)15-10/h7H,2-6H2,1H3/t12-/m0/s1/i1D3,2D2.